The Hall–Kier alpha value is -3.41. The maximum atomic E-state index is 14.2. The molecule has 3 aliphatic heterocycles. The van der Waals surface area contributed by atoms with E-state index in [-0.39, 0.29) is 74.3 Å². The van der Waals surface area contributed by atoms with Crippen LogP contribution >= 0.6 is 0 Å². The lowest BCUT2D eigenvalue weighted by Crippen LogP contribution is -2.59. The number of cyclic esters (lactones) is 1. The third kappa shape index (κ3) is 15.5. The molecule has 3 heterocycles. The average Bonchev–Trinajstić information content (AvgIpc) is 3.32. The Morgan fingerprint density at radius 1 is 0.882 bits per heavy atom. The Labute approximate surface area is 405 Å². The number of rotatable bonds is 9. The lowest BCUT2D eigenvalue weighted by molar-refractivity contribution is -0.265. The third-order valence-corrected chi connectivity index (χ3v) is 14.9. The molecule has 0 spiro atoms. The molecule has 0 aromatic heterocycles. The van der Waals surface area contributed by atoms with Crippen LogP contribution in [-0.2, 0) is 52.4 Å². The van der Waals surface area contributed by atoms with Crippen LogP contribution in [0.3, 0.4) is 0 Å². The van der Waals surface area contributed by atoms with Gasteiger partial charge in [-0.1, -0.05) is 71.1 Å². The number of esters is 1. The highest BCUT2D eigenvalue weighted by atomic mass is 16.6. The van der Waals surface area contributed by atoms with E-state index in [2.05, 4.69) is 0 Å². The maximum absolute atomic E-state index is 14.2. The number of ketones is 3. The Morgan fingerprint density at radius 2 is 1.62 bits per heavy atom. The number of methoxy groups -OCH3 is 3. The lowest BCUT2D eigenvalue weighted by Gasteiger charge is -2.42. The van der Waals surface area contributed by atoms with Crippen molar-refractivity contribution >= 4 is 29.2 Å². The van der Waals surface area contributed by atoms with Gasteiger partial charge in [0, 0.05) is 65.0 Å². The van der Waals surface area contributed by atoms with Crippen LogP contribution < -0.4 is 0 Å². The van der Waals surface area contributed by atoms with Crippen LogP contribution in [-0.4, -0.2) is 146 Å². The molecule has 15 atom stereocenters. The number of nitrogens with zero attached hydrogens (tertiary/aromatic N) is 1. The summed E-state index contributed by atoms with van der Waals surface area (Å²) >= 11 is 0. The summed E-state index contributed by atoms with van der Waals surface area (Å²) in [5.74, 6) is -8.16. The predicted octanol–water partition coefficient (Wildman–Crippen LogP) is 6.05. The minimum Gasteiger partial charge on any atom is -0.461 e. The van der Waals surface area contributed by atoms with E-state index >= 15 is 0 Å². The number of fused-ring (bicyclic) bond motifs is 4. The summed E-state index contributed by atoms with van der Waals surface area (Å²) in [5.41, 5.74) is 1.22. The number of aliphatic hydroxyl groups excluding tert-OH is 2. The van der Waals surface area contributed by atoms with E-state index in [9.17, 15) is 39.3 Å². The molecule has 3 N–H and O–H groups in total. The molecule has 3 fully saturated rings. The van der Waals surface area contributed by atoms with Crippen LogP contribution in [0.25, 0.3) is 0 Å². The second kappa shape index (κ2) is 27.3. The number of allylic oxidation sites excluding steroid dienone is 6. The summed E-state index contributed by atoms with van der Waals surface area (Å²) < 4.78 is 35.5. The molecule has 1 aliphatic carbocycles. The molecule has 2 unspecified atom stereocenters. The molecular formula is C53H83NO14. The van der Waals surface area contributed by atoms with Crippen molar-refractivity contribution in [2.75, 3.05) is 47.6 Å². The Bertz CT molecular complexity index is 1810. The number of hydrogen-bond donors (Lipinski definition) is 3. The Balaban J connectivity index is 1.65. The number of ether oxygens (including phenoxy) is 6. The summed E-state index contributed by atoms with van der Waals surface area (Å²) in [4.78, 5) is 71.4. The van der Waals surface area contributed by atoms with Crippen LogP contribution in [0.4, 0.5) is 0 Å². The highest BCUT2D eigenvalue weighted by Gasteiger charge is 2.52. The molecule has 0 radical (unpaired) electrons. The first-order chi connectivity index (χ1) is 32.3. The molecule has 0 aromatic rings. The van der Waals surface area contributed by atoms with Crippen LogP contribution in [0.1, 0.15) is 119 Å². The largest absolute Gasteiger partial charge is 0.461 e. The van der Waals surface area contributed by atoms with Crippen molar-refractivity contribution in [3.05, 3.63) is 47.6 Å². The van der Waals surface area contributed by atoms with Gasteiger partial charge in [0.1, 0.15) is 12.2 Å². The minimum atomic E-state index is -2.37. The van der Waals surface area contributed by atoms with E-state index < -0.39 is 77.6 Å². The van der Waals surface area contributed by atoms with E-state index in [4.69, 9.17) is 28.4 Å². The van der Waals surface area contributed by atoms with Gasteiger partial charge in [0.05, 0.1) is 49.7 Å². The van der Waals surface area contributed by atoms with Crippen molar-refractivity contribution in [1.29, 1.82) is 0 Å². The molecule has 2 saturated heterocycles. The van der Waals surface area contributed by atoms with Gasteiger partial charge in [0.25, 0.3) is 11.7 Å². The molecule has 384 valence electrons. The number of carbonyl (C=O) groups excluding carboxylic acids is 5. The fraction of sp³-hybridized carbons (Fsp3) is 0.755. The number of piperidine rings is 1. The zero-order chi connectivity index (χ0) is 50.3. The third-order valence-electron chi connectivity index (χ3n) is 14.9. The quantitative estimate of drug-likeness (QED) is 0.178. The Kier molecular flexibility index (Phi) is 22.9. The molecule has 4 bridgehead atoms. The number of Topliss-reactive ketones (excluding diaryl/α,β-unsaturated/α-hetero) is 3. The van der Waals surface area contributed by atoms with E-state index in [0.29, 0.717) is 63.4 Å². The van der Waals surface area contributed by atoms with Gasteiger partial charge in [-0.25, -0.2) is 0 Å². The first-order valence-corrected chi connectivity index (χ1v) is 25.0. The minimum absolute atomic E-state index is 0.0184. The highest BCUT2D eigenvalue weighted by Crippen LogP contribution is 2.38. The summed E-state index contributed by atoms with van der Waals surface area (Å²) in [5, 5.41) is 32.7. The van der Waals surface area contributed by atoms with Crippen molar-refractivity contribution in [2.24, 2.45) is 41.4 Å². The number of amides is 1. The smallest absolute Gasteiger partial charge is 0.311 e. The van der Waals surface area contributed by atoms with Gasteiger partial charge in [-0.15, -0.1) is 0 Å². The van der Waals surface area contributed by atoms with Crippen molar-refractivity contribution in [3.8, 4) is 0 Å². The van der Waals surface area contributed by atoms with E-state index in [1.54, 1.807) is 41.1 Å². The van der Waals surface area contributed by atoms with E-state index in [0.717, 1.165) is 12.0 Å². The molecule has 68 heavy (non-hydrogen) atoms. The molecule has 15 heteroatoms. The van der Waals surface area contributed by atoms with Gasteiger partial charge >= 0.3 is 5.97 Å². The molecule has 0 aromatic carbocycles. The van der Waals surface area contributed by atoms with Crippen LogP contribution in [0.5, 0.6) is 0 Å². The van der Waals surface area contributed by atoms with Gasteiger partial charge in [0.15, 0.2) is 11.6 Å². The summed E-state index contributed by atoms with van der Waals surface area (Å²) in [7, 11) is 4.61. The Morgan fingerprint density at radius 3 is 2.29 bits per heavy atom. The van der Waals surface area contributed by atoms with Crippen LogP contribution in [0, 0.1) is 41.4 Å². The second-order valence-electron chi connectivity index (χ2n) is 20.2. The first kappa shape index (κ1) is 57.2. The number of carbonyl (C=O) groups is 5. The fourth-order valence-corrected chi connectivity index (χ4v) is 10.5. The molecule has 4 aliphatic rings. The van der Waals surface area contributed by atoms with Gasteiger partial charge < -0.3 is 48.6 Å². The van der Waals surface area contributed by atoms with Gasteiger partial charge in [-0.05, 0) is 101 Å². The van der Waals surface area contributed by atoms with Crippen molar-refractivity contribution in [2.45, 2.75) is 168 Å². The van der Waals surface area contributed by atoms with Crippen LogP contribution in [0.2, 0.25) is 0 Å². The van der Waals surface area contributed by atoms with Crippen molar-refractivity contribution in [3.63, 3.8) is 0 Å². The first-order valence-electron chi connectivity index (χ1n) is 25.0. The van der Waals surface area contributed by atoms with E-state index in [1.165, 1.54) is 12.0 Å². The second-order valence-corrected chi connectivity index (χ2v) is 20.2. The van der Waals surface area contributed by atoms with E-state index in [1.807, 2.05) is 58.1 Å². The zero-order valence-electron chi connectivity index (χ0n) is 42.4. The number of hydrogen-bond acceptors (Lipinski definition) is 14. The normalized spacial score (nSPS) is 37.5. The topological polar surface area (TPSA) is 205 Å². The summed E-state index contributed by atoms with van der Waals surface area (Å²) in [6, 6.07) is 0. The fourth-order valence-electron chi connectivity index (χ4n) is 10.5. The molecule has 15 nitrogen and oxygen atoms in total. The van der Waals surface area contributed by atoms with Crippen molar-refractivity contribution in [1.82, 2.24) is 4.90 Å². The number of aliphatic hydroxyl groups is 3. The van der Waals surface area contributed by atoms with Gasteiger partial charge in [0.2, 0.25) is 5.79 Å². The molecular weight excluding hydrogens is 875 g/mol. The molecule has 4 rings (SSSR count). The lowest BCUT2D eigenvalue weighted by atomic mass is 9.78. The molecule has 1 saturated carbocycles. The zero-order valence-corrected chi connectivity index (χ0v) is 42.4. The maximum Gasteiger partial charge on any atom is 0.311 e. The average molecular weight is 958 g/mol. The SMILES string of the molecule is CO[C@H]1C[C@@H]2CC[C@@H](C)[C@@](O)(O2)C(=O)C(=O)N2CCCC(C2)C(=O)O[C@H]([C@H](C)C[C@@H]2CC[C@@H](OCCO)[C@H](OC)C2)CC(=O)/C(C)=C\C(C)[C@@H](O)[C@@H](OC)C(=O)[C@H](C)C[C@H](C)C=CC=CC=C1C. The van der Waals surface area contributed by atoms with Gasteiger partial charge in [-0.2, -0.15) is 0 Å². The predicted molar refractivity (Wildman–Crippen MR) is 256 cm³/mol. The van der Waals surface area contributed by atoms with Crippen molar-refractivity contribution < 1.29 is 67.7 Å². The monoisotopic (exact) mass is 958 g/mol. The molecule has 1 amide bonds. The standard InChI is InChI=1S/C53H83NO14/c1-32-15-12-11-13-16-33(2)44(63-8)29-41-20-18-38(7)53(62,68-41)50(59)51(60)54-22-14-17-40(31-54)52(61)67-45(35(4)27-39-19-21-43(66-24-23-55)46(28-39)64-9)30-42(56)34(3)26-37(6)48(58)49(65-10)47(57)36(5)25-32/h11-13,15-16,26,32,35-41,43-46,48-49,55,58,62H,14,17-25,27-31H2,1-10H3/b13-11?,15-12?,33-16?,34-26-/t32-,35-,36-,37?,38-,39+,40?,41+,43-,44+,45+,46-,48-,49+,53-/m1/s1. The highest BCUT2D eigenvalue weighted by molar-refractivity contribution is 6.38. The van der Waals surface area contributed by atoms with Gasteiger partial charge in [-0.3, -0.25) is 24.0 Å². The summed E-state index contributed by atoms with van der Waals surface area (Å²) in [6.07, 6.45) is 11.9. The van der Waals surface area contributed by atoms with Crippen LogP contribution in [0.15, 0.2) is 47.6 Å². The summed E-state index contributed by atoms with van der Waals surface area (Å²) in [6.45, 7) is 13.0.